The van der Waals surface area contributed by atoms with Crippen LogP contribution in [0.2, 0.25) is 0 Å². The Hall–Kier alpha value is -3.41. The van der Waals surface area contributed by atoms with Gasteiger partial charge in [0.05, 0.1) is 0 Å². The number of nitrogens with zero attached hydrogens (tertiary/aromatic N) is 3. The standard InChI is InChI=1S/C20H19N5O/c26-20(21-16-9-2-1-3-10-16)22-18-12-13-19(24-23-18)25-14-6-8-15-7-4-5-11-17(15)25/h1-5,7,9-13H,6,8,14H2,(H2,21,22,23,26). The molecule has 130 valence electrons. The lowest BCUT2D eigenvalue weighted by atomic mass is 10.0. The molecule has 0 saturated carbocycles. The quantitative estimate of drug-likeness (QED) is 0.746. The molecular formula is C20H19N5O. The summed E-state index contributed by atoms with van der Waals surface area (Å²) in [7, 11) is 0. The fraction of sp³-hybridized carbons (Fsp3) is 0.150. The SMILES string of the molecule is O=C(Nc1ccccc1)Nc1ccc(N2CCCc3ccccc32)nn1. The van der Waals surface area contributed by atoms with E-state index >= 15 is 0 Å². The van der Waals surface area contributed by atoms with E-state index in [1.807, 2.05) is 42.5 Å². The van der Waals surface area contributed by atoms with Gasteiger partial charge in [0, 0.05) is 17.9 Å². The van der Waals surface area contributed by atoms with E-state index in [-0.39, 0.29) is 6.03 Å². The molecule has 0 aliphatic carbocycles. The summed E-state index contributed by atoms with van der Waals surface area (Å²) in [5.41, 5.74) is 3.22. The van der Waals surface area contributed by atoms with Crippen LogP contribution in [-0.2, 0) is 6.42 Å². The van der Waals surface area contributed by atoms with Crippen molar-refractivity contribution in [2.45, 2.75) is 12.8 Å². The summed E-state index contributed by atoms with van der Waals surface area (Å²) in [6.45, 7) is 0.910. The molecule has 2 aromatic carbocycles. The third-order valence-electron chi connectivity index (χ3n) is 4.31. The van der Waals surface area contributed by atoms with E-state index in [1.165, 1.54) is 11.3 Å². The molecule has 0 fully saturated rings. The summed E-state index contributed by atoms with van der Waals surface area (Å²) in [6.07, 6.45) is 2.16. The maximum Gasteiger partial charge on any atom is 0.324 e. The van der Waals surface area contributed by atoms with E-state index in [9.17, 15) is 4.79 Å². The van der Waals surface area contributed by atoms with Crippen molar-refractivity contribution in [2.24, 2.45) is 0 Å². The highest BCUT2D eigenvalue weighted by atomic mass is 16.2. The number of aromatic nitrogens is 2. The molecule has 0 spiro atoms. The van der Waals surface area contributed by atoms with Gasteiger partial charge in [-0.3, -0.25) is 5.32 Å². The molecular weight excluding hydrogens is 326 g/mol. The van der Waals surface area contributed by atoms with Gasteiger partial charge >= 0.3 is 6.03 Å². The van der Waals surface area contributed by atoms with Crippen LogP contribution in [0, 0.1) is 0 Å². The second-order valence-corrected chi connectivity index (χ2v) is 6.11. The van der Waals surface area contributed by atoms with Crippen LogP contribution < -0.4 is 15.5 Å². The lowest BCUT2D eigenvalue weighted by Gasteiger charge is -2.29. The molecule has 2 heterocycles. The summed E-state index contributed by atoms with van der Waals surface area (Å²) in [6, 6.07) is 20.9. The second-order valence-electron chi connectivity index (χ2n) is 6.11. The van der Waals surface area contributed by atoms with Crippen molar-refractivity contribution in [3.63, 3.8) is 0 Å². The smallest absolute Gasteiger partial charge is 0.324 e. The van der Waals surface area contributed by atoms with Crippen LogP contribution in [0.25, 0.3) is 0 Å². The summed E-state index contributed by atoms with van der Waals surface area (Å²) >= 11 is 0. The average Bonchev–Trinajstić information content (AvgIpc) is 2.69. The first kappa shape index (κ1) is 16.1. The zero-order valence-corrected chi connectivity index (χ0v) is 14.2. The number of carbonyl (C=O) groups excluding carboxylic acids is 1. The molecule has 1 aliphatic rings. The number of fused-ring (bicyclic) bond motifs is 1. The first-order valence-electron chi connectivity index (χ1n) is 8.62. The maximum absolute atomic E-state index is 12.0. The van der Waals surface area contributed by atoms with Crippen LogP contribution in [0.1, 0.15) is 12.0 Å². The molecule has 6 heteroatoms. The van der Waals surface area contributed by atoms with Crippen molar-refractivity contribution >= 4 is 29.0 Å². The van der Waals surface area contributed by atoms with Gasteiger partial charge in [-0.2, -0.15) is 0 Å². The van der Waals surface area contributed by atoms with Crippen molar-refractivity contribution in [1.82, 2.24) is 10.2 Å². The molecule has 1 aliphatic heterocycles. The molecule has 1 aromatic heterocycles. The summed E-state index contributed by atoms with van der Waals surface area (Å²) < 4.78 is 0. The van der Waals surface area contributed by atoms with Gasteiger partial charge < -0.3 is 10.2 Å². The zero-order chi connectivity index (χ0) is 17.8. The van der Waals surface area contributed by atoms with Crippen molar-refractivity contribution in [3.8, 4) is 0 Å². The number of rotatable bonds is 3. The van der Waals surface area contributed by atoms with Crippen LogP contribution in [0.3, 0.4) is 0 Å². The van der Waals surface area contributed by atoms with E-state index in [4.69, 9.17) is 0 Å². The number of benzene rings is 2. The van der Waals surface area contributed by atoms with E-state index in [2.05, 4.69) is 43.9 Å². The van der Waals surface area contributed by atoms with Gasteiger partial charge in [0.2, 0.25) is 0 Å². The predicted octanol–water partition coefficient (Wildman–Crippen LogP) is 4.20. The third-order valence-corrected chi connectivity index (χ3v) is 4.31. The second kappa shape index (κ2) is 7.23. The fourth-order valence-electron chi connectivity index (χ4n) is 3.11. The molecule has 0 saturated heterocycles. The molecule has 0 bridgehead atoms. The Labute approximate surface area is 151 Å². The van der Waals surface area contributed by atoms with Gasteiger partial charge in [0.15, 0.2) is 11.6 Å². The number of para-hydroxylation sites is 2. The van der Waals surface area contributed by atoms with Gasteiger partial charge in [0.25, 0.3) is 0 Å². The van der Waals surface area contributed by atoms with Crippen LogP contribution in [0.15, 0.2) is 66.7 Å². The van der Waals surface area contributed by atoms with Gasteiger partial charge in [0.1, 0.15) is 0 Å². The number of hydrogen-bond acceptors (Lipinski definition) is 4. The average molecular weight is 345 g/mol. The lowest BCUT2D eigenvalue weighted by Crippen LogP contribution is -2.26. The molecule has 0 atom stereocenters. The van der Waals surface area contributed by atoms with E-state index in [1.54, 1.807) is 6.07 Å². The number of carbonyl (C=O) groups is 1. The Bertz CT molecular complexity index is 896. The lowest BCUT2D eigenvalue weighted by molar-refractivity contribution is 0.262. The Morgan fingerprint density at radius 3 is 2.50 bits per heavy atom. The van der Waals surface area contributed by atoms with Crippen LogP contribution in [0.4, 0.5) is 27.8 Å². The molecule has 3 aromatic rings. The van der Waals surface area contributed by atoms with Crippen LogP contribution in [0.5, 0.6) is 0 Å². The van der Waals surface area contributed by atoms with Crippen molar-refractivity contribution in [2.75, 3.05) is 22.1 Å². The summed E-state index contributed by atoms with van der Waals surface area (Å²) in [5, 5.41) is 13.9. The molecule has 26 heavy (non-hydrogen) atoms. The number of nitrogens with one attached hydrogen (secondary N) is 2. The minimum atomic E-state index is -0.346. The normalized spacial score (nSPS) is 13.0. The molecule has 0 radical (unpaired) electrons. The highest BCUT2D eigenvalue weighted by molar-refractivity contribution is 5.99. The highest BCUT2D eigenvalue weighted by Gasteiger charge is 2.19. The summed E-state index contributed by atoms with van der Waals surface area (Å²) in [4.78, 5) is 14.2. The van der Waals surface area contributed by atoms with Gasteiger partial charge in [-0.1, -0.05) is 36.4 Å². The Kier molecular flexibility index (Phi) is 4.47. The maximum atomic E-state index is 12.0. The summed E-state index contributed by atoms with van der Waals surface area (Å²) in [5.74, 6) is 1.19. The van der Waals surface area contributed by atoms with Gasteiger partial charge in [-0.05, 0) is 48.7 Å². The van der Waals surface area contributed by atoms with Crippen molar-refractivity contribution in [3.05, 3.63) is 72.3 Å². The Morgan fingerprint density at radius 1 is 0.885 bits per heavy atom. The molecule has 6 nitrogen and oxygen atoms in total. The number of aryl methyl sites for hydroxylation is 1. The highest BCUT2D eigenvalue weighted by Crippen LogP contribution is 2.31. The monoisotopic (exact) mass is 345 g/mol. The fourth-order valence-corrected chi connectivity index (χ4v) is 3.11. The van der Waals surface area contributed by atoms with Crippen molar-refractivity contribution in [1.29, 1.82) is 0 Å². The zero-order valence-electron chi connectivity index (χ0n) is 14.2. The number of anilines is 4. The third kappa shape index (κ3) is 3.49. The minimum Gasteiger partial charge on any atom is -0.325 e. The Balaban J connectivity index is 1.45. The first-order valence-corrected chi connectivity index (χ1v) is 8.62. The van der Waals surface area contributed by atoms with E-state index in [0.717, 1.165) is 30.9 Å². The topological polar surface area (TPSA) is 70.2 Å². The van der Waals surface area contributed by atoms with Crippen molar-refractivity contribution < 1.29 is 4.79 Å². The molecule has 0 unspecified atom stereocenters. The largest absolute Gasteiger partial charge is 0.325 e. The minimum absolute atomic E-state index is 0.346. The van der Waals surface area contributed by atoms with E-state index < -0.39 is 0 Å². The van der Waals surface area contributed by atoms with Crippen LogP contribution >= 0.6 is 0 Å². The molecule has 2 amide bonds. The van der Waals surface area contributed by atoms with Crippen LogP contribution in [-0.4, -0.2) is 22.8 Å². The molecule has 4 rings (SSSR count). The molecule has 2 N–H and O–H groups in total. The first-order chi connectivity index (χ1) is 12.8. The van der Waals surface area contributed by atoms with Gasteiger partial charge in [-0.25, -0.2) is 4.79 Å². The predicted molar refractivity (Wildman–Crippen MR) is 103 cm³/mol. The Morgan fingerprint density at radius 2 is 1.69 bits per heavy atom. The van der Waals surface area contributed by atoms with E-state index in [0.29, 0.717) is 5.82 Å². The number of hydrogen-bond donors (Lipinski definition) is 2. The van der Waals surface area contributed by atoms with Gasteiger partial charge in [-0.15, -0.1) is 10.2 Å². The number of amides is 2. The number of urea groups is 1.